The van der Waals surface area contributed by atoms with Crippen LogP contribution in [0.5, 0.6) is 0 Å². The zero-order valence-electron chi connectivity index (χ0n) is 17.1. The van der Waals surface area contributed by atoms with Crippen LogP contribution in [0.15, 0.2) is 70.0 Å². The van der Waals surface area contributed by atoms with Crippen LogP contribution >= 0.6 is 0 Å². The zero-order chi connectivity index (χ0) is 20.9. The van der Waals surface area contributed by atoms with Gasteiger partial charge in [-0.3, -0.25) is 4.79 Å². The standard InChI is InChI=1S/C24H25N3O3/c1-18-17-20(11-10-19-7-3-2-4-8-19)30-24(29)22(18)23(28)27-15-13-26(14-16-27)21-9-5-6-12-25-21/h2-9,12,17H,10-11,13-16H2,1H3. The SMILES string of the molecule is Cc1cc(CCc2ccccc2)oc(=O)c1C(=O)N1CCN(c2ccccn2)CC1. The lowest BCUT2D eigenvalue weighted by Crippen LogP contribution is -2.50. The molecular formula is C24H25N3O3. The van der Waals surface area contributed by atoms with Gasteiger partial charge >= 0.3 is 5.63 Å². The Morgan fingerprint density at radius 2 is 1.73 bits per heavy atom. The number of aryl methyl sites for hydroxylation is 3. The van der Waals surface area contributed by atoms with E-state index >= 15 is 0 Å². The van der Waals surface area contributed by atoms with Crippen LogP contribution in [-0.2, 0) is 12.8 Å². The molecule has 4 rings (SSSR count). The molecule has 1 aliphatic heterocycles. The Morgan fingerprint density at radius 3 is 2.40 bits per heavy atom. The Balaban J connectivity index is 1.42. The van der Waals surface area contributed by atoms with Crippen LogP contribution in [0.25, 0.3) is 0 Å². The van der Waals surface area contributed by atoms with Gasteiger partial charge in [-0.1, -0.05) is 36.4 Å². The van der Waals surface area contributed by atoms with E-state index in [0.717, 1.165) is 12.2 Å². The van der Waals surface area contributed by atoms with Crippen LogP contribution in [0.1, 0.15) is 27.2 Å². The minimum absolute atomic E-state index is 0.143. The second-order valence-electron chi connectivity index (χ2n) is 7.51. The molecule has 0 bridgehead atoms. The third kappa shape index (κ3) is 4.43. The molecule has 3 heterocycles. The smallest absolute Gasteiger partial charge is 0.349 e. The molecule has 0 spiro atoms. The van der Waals surface area contributed by atoms with Crippen LogP contribution in [-0.4, -0.2) is 42.0 Å². The molecule has 0 N–H and O–H groups in total. The normalized spacial score (nSPS) is 14.0. The van der Waals surface area contributed by atoms with Gasteiger partial charge in [0.2, 0.25) is 0 Å². The van der Waals surface area contributed by atoms with E-state index in [1.165, 1.54) is 5.56 Å². The minimum Gasteiger partial charge on any atom is -0.427 e. The fraction of sp³-hybridized carbons (Fsp3) is 0.292. The summed E-state index contributed by atoms with van der Waals surface area (Å²) in [4.78, 5) is 33.8. The number of anilines is 1. The highest BCUT2D eigenvalue weighted by molar-refractivity contribution is 5.95. The summed E-state index contributed by atoms with van der Waals surface area (Å²) >= 11 is 0. The summed E-state index contributed by atoms with van der Waals surface area (Å²) < 4.78 is 5.49. The van der Waals surface area contributed by atoms with Gasteiger partial charge in [-0.05, 0) is 42.7 Å². The summed E-state index contributed by atoms with van der Waals surface area (Å²) in [6.07, 6.45) is 3.17. The van der Waals surface area contributed by atoms with Gasteiger partial charge in [0.25, 0.3) is 5.91 Å². The van der Waals surface area contributed by atoms with E-state index in [2.05, 4.69) is 9.88 Å². The molecule has 6 nitrogen and oxygen atoms in total. The average molecular weight is 403 g/mol. The maximum Gasteiger partial charge on any atom is 0.349 e. The first-order valence-corrected chi connectivity index (χ1v) is 10.2. The number of hydrogen-bond donors (Lipinski definition) is 0. The van der Waals surface area contributed by atoms with Gasteiger partial charge in [0.05, 0.1) is 0 Å². The van der Waals surface area contributed by atoms with Crippen molar-refractivity contribution in [3.63, 3.8) is 0 Å². The maximum atomic E-state index is 13.0. The Kier molecular flexibility index (Phi) is 5.93. The molecule has 1 saturated heterocycles. The Labute approximate surface area is 175 Å². The number of aromatic nitrogens is 1. The third-order valence-electron chi connectivity index (χ3n) is 5.46. The molecule has 0 saturated carbocycles. The summed E-state index contributed by atoms with van der Waals surface area (Å²) in [5.74, 6) is 1.26. The second-order valence-corrected chi connectivity index (χ2v) is 7.51. The van der Waals surface area contributed by atoms with Gasteiger partial charge in [0.1, 0.15) is 17.1 Å². The third-order valence-corrected chi connectivity index (χ3v) is 5.46. The fourth-order valence-electron chi connectivity index (χ4n) is 3.80. The molecular weight excluding hydrogens is 378 g/mol. The van der Waals surface area contributed by atoms with E-state index in [-0.39, 0.29) is 11.5 Å². The van der Waals surface area contributed by atoms with Gasteiger partial charge in [-0.2, -0.15) is 0 Å². The quantitative estimate of drug-likeness (QED) is 0.655. The number of amides is 1. The second kappa shape index (κ2) is 8.95. The largest absolute Gasteiger partial charge is 0.427 e. The van der Waals surface area contributed by atoms with Crippen molar-refractivity contribution in [2.24, 2.45) is 0 Å². The van der Waals surface area contributed by atoms with Crippen LogP contribution < -0.4 is 10.5 Å². The predicted octanol–water partition coefficient (Wildman–Crippen LogP) is 3.09. The van der Waals surface area contributed by atoms with Crippen molar-refractivity contribution in [1.82, 2.24) is 9.88 Å². The molecule has 0 atom stereocenters. The average Bonchev–Trinajstić information content (AvgIpc) is 2.78. The number of nitrogens with zero attached hydrogens (tertiary/aromatic N) is 3. The van der Waals surface area contributed by atoms with E-state index < -0.39 is 5.63 Å². The van der Waals surface area contributed by atoms with Crippen molar-refractivity contribution in [1.29, 1.82) is 0 Å². The summed E-state index contributed by atoms with van der Waals surface area (Å²) in [7, 11) is 0. The highest BCUT2D eigenvalue weighted by Crippen LogP contribution is 2.16. The minimum atomic E-state index is -0.546. The molecule has 1 aromatic carbocycles. The molecule has 1 fully saturated rings. The van der Waals surface area contributed by atoms with E-state index in [9.17, 15) is 9.59 Å². The maximum absolute atomic E-state index is 13.0. The highest BCUT2D eigenvalue weighted by atomic mass is 16.4. The van der Waals surface area contributed by atoms with Crippen molar-refractivity contribution >= 4 is 11.7 Å². The van der Waals surface area contributed by atoms with Crippen LogP contribution in [0.4, 0.5) is 5.82 Å². The monoisotopic (exact) mass is 403 g/mol. The molecule has 0 unspecified atom stereocenters. The summed E-state index contributed by atoms with van der Waals surface area (Å²) in [6, 6.07) is 17.7. The Morgan fingerprint density at radius 1 is 1.00 bits per heavy atom. The molecule has 1 amide bonds. The lowest BCUT2D eigenvalue weighted by Gasteiger charge is -2.35. The van der Waals surface area contributed by atoms with Crippen molar-refractivity contribution < 1.29 is 9.21 Å². The first-order chi connectivity index (χ1) is 14.6. The van der Waals surface area contributed by atoms with Gasteiger partial charge in [0, 0.05) is 38.8 Å². The van der Waals surface area contributed by atoms with E-state index in [1.54, 1.807) is 18.0 Å². The molecule has 2 aromatic heterocycles. The van der Waals surface area contributed by atoms with Gasteiger partial charge < -0.3 is 14.2 Å². The van der Waals surface area contributed by atoms with Gasteiger partial charge in [-0.25, -0.2) is 9.78 Å². The number of piperazine rings is 1. The van der Waals surface area contributed by atoms with Crippen LogP contribution in [0, 0.1) is 6.92 Å². The van der Waals surface area contributed by atoms with Crippen molar-refractivity contribution in [2.45, 2.75) is 19.8 Å². The zero-order valence-corrected chi connectivity index (χ0v) is 17.1. The van der Waals surface area contributed by atoms with E-state index in [0.29, 0.717) is 43.9 Å². The molecule has 0 radical (unpaired) electrons. The van der Waals surface area contributed by atoms with E-state index in [1.807, 2.05) is 54.6 Å². The molecule has 6 heteroatoms. The number of carbonyl (C=O) groups is 1. The van der Waals surface area contributed by atoms with Crippen LogP contribution in [0.2, 0.25) is 0 Å². The summed E-state index contributed by atoms with van der Waals surface area (Å²) in [5, 5.41) is 0. The van der Waals surface area contributed by atoms with Gasteiger partial charge in [-0.15, -0.1) is 0 Å². The molecule has 3 aromatic rings. The number of rotatable bonds is 5. The van der Waals surface area contributed by atoms with E-state index in [4.69, 9.17) is 4.42 Å². The summed E-state index contributed by atoms with van der Waals surface area (Å²) in [6.45, 7) is 4.26. The molecule has 154 valence electrons. The Hall–Kier alpha value is -3.41. The predicted molar refractivity (Wildman–Crippen MR) is 116 cm³/mol. The number of hydrogen-bond acceptors (Lipinski definition) is 5. The fourth-order valence-corrected chi connectivity index (χ4v) is 3.80. The first kappa shape index (κ1) is 19.9. The highest BCUT2D eigenvalue weighted by Gasteiger charge is 2.26. The topological polar surface area (TPSA) is 66.7 Å². The summed E-state index contributed by atoms with van der Waals surface area (Å²) in [5.41, 5.74) is 1.45. The number of pyridine rings is 1. The first-order valence-electron chi connectivity index (χ1n) is 10.2. The van der Waals surface area contributed by atoms with Gasteiger partial charge in [0.15, 0.2) is 0 Å². The molecule has 1 aliphatic rings. The number of benzene rings is 1. The number of carbonyl (C=O) groups excluding carboxylic acids is 1. The van der Waals surface area contributed by atoms with Crippen molar-refractivity contribution in [3.8, 4) is 0 Å². The van der Waals surface area contributed by atoms with Crippen molar-refractivity contribution in [3.05, 3.63) is 93.7 Å². The Bertz CT molecular complexity index is 1060. The lowest BCUT2D eigenvalue weighted by molar-refractivity contribution is 0.0740. The molecule has 30 heavy (non-hydrogen) atoms. The van der Waals surface area contributed by atoms with Crippen LogP contribution in [0.3, 0.4) is 0 Å². The van der Waals surface area contributed by atoms with Crippen molar-refractivity contribution in [2.75, 3.05) is 31.1 Å². The lowest BCUT2D eigenvalue weighted by atomic mass is 10.1. The molecule has 0 aliphatic carbocycles.